The molecule has 5 heteroatoms. The Labute approximate surface area is 186 Å². The molecule has 2 aliphatic rings. The molecular weight excluding hydrogens is 386 g/mol. The number of para-hydroxylation sites is 1. The molecule has 2 aromatic carbocycles. The molecule has 1 fully saturated rings. The van der Waals surface area contributed by atoms with Crippen molar-refractivity contribution in [3.8, 4) is 5.75 Å². The number of hydrogen-bond donors (Lipinski definition) is 0. The van der Waals surface area contributed by atoms with Crippen molar-refractivity contribution in [3.05, 3.63) is 59.7 Å². The summed E-state index contributed by atoms with van der Waals surface area (Å²) in [6.45, 7) is 7.94. The highest BCUT2D eigenvalue weighted by molar-refractivity contribution is 5.76. The predicted molar refractivity (Wildman–Crippen MR) is 126 cm³/mol. The Kier molecular flexibility index (Phi) is 7.13. The Morgan fingerprint density at radius 1 is 1.06 bits per heavy atom. The number of nitrogens with zero attached hydrogens (tertiary/aromatic N) is 3. The summed E-state index contributed by atoms with van der Waals surface area (Å²) in [4.78, 5) is 20.0. The molecular formula is C26H35N3O2. The van der Waals surface area contributed by atoms with E-state index < -0.39 is 0 Å². The van der Waals surface area contributed by atoms with Crippen molar-refractivity contribution >= 4 is 11.6 Å². The summed E-state index contributed by atoms with van der Waals surface area (Å²) < 4.78 is 5.42. The van der Waals surface area contributed by atoms with Gasteiger partial charge in [-0.25, -0.2) is 0 Å². The van der Waals surface area contributed by atoms with Gasteiger partial charge in [0.25, 0.3) is 0 Å². The summed E-state index contributed by atoms with van der Waals surface area (Å²) in [7, 11) is 1.71. The minimum Gasteiger partial charge on any atom is -0.497 e. The molecule has 0 N–H and O–H groups in total. The van der Waals surface area contributed by atoms with Crippen LogP contribution in [0.15, 0.2) is 48.5 Å². The number of anilines is 1. The number of carbonyl (C=O) groups is 1. The molecule has 0 radical (unpaired) electrons. The molecule has 0 bridgehead atoms. The van der Waals surface area contributed by atoms with Crippen LogP contribution in [0.1, 0.15) is 30.9 Å². The molecule has 1 saturated heterocycles. The van der Waals surface area contributed by atoms with Gasteiger partial charge in [0.15, 0.2) is 0 Å². The van der Waals surface area contributed by atoms with Crippen molar-refractivity contribution < 1.29 is 9.53 Å². The molecule has 1 amide bonds. The number of methoxy groups -OCH3 is 1. The van der Waals surface area contributed by atoms with E-state index in [0.717, 1.165) is 64.3 Å². The van der Waals surface area contributed by atoms with E-state index in [1.54, 1.807) is 7.11 Å². The predicted octanol–water partition coefficient (Wildman–Crippen LogP) is 3.61. The zero-order valence-electron chi connectivity index (χ0n) is 18.9. The largest absolute Gasteiger partial charge is 0.497 e. The number of fused-ring (bicyclic) bond motifs is 1. The van der Waals surface area contributed by atoms with Crippen LogP contribution in [0, 0.1) is 0 Å². The topological polar surface area (TPSA) is 36.0 Å². The van der Waals surface area contributed by atoms with Gasteiger partial charge in [-0.15, -0.1) is 0 Å². The summed E-state index contributed by atoms with van der Waals surface area (Å²) in [6.07, 6.45) is 3.59. The SMILES string of the molecule is CCC(=O)N(CCN1CCN(c2ccccc2)CC1)C1CCc2ccc(OC)cc2C1. The molecule has 1 unspecified atom stereocenters. The van der Waals surface area contributed by atoms with Crippen LogP contribution < -0.4 is 9.64 Å². The number of carbonyl (C=O) groups excluding carboxylic acids is 1. The van der Waals surface area contributed by atoms with Gasteiger partial charge >= 0.3 is 0 Å². The maximum absolute atomic E-state index is 12.8. The fourth-order valence-corrected chi connectivity index (χ4v) is 4.94. The van der Waals surface area contributed by atoms with Gasteiger partial charge in [-0.05, 0) is 54.7 Å². The van der Waals surface area contributed by atoms with Gasteiger partial charge in [0.2, 0.25) is 5.91 Å². The zero-order chi connectivity index (χ0) is 21.6. The first-order chi connectivity index (χ1) is 15.2. The van der Waals surface area contributed by atoms with Gasteiger partial charge in [-0.1, -0.05) is 31.2 Å². The van der Waals surface area contributed by atoms with Gasteiger partial charge < -0.3 is 14.5 Å². The van der Waals surface area contributed by atoms with Gasteiger partial charge in [0, 0.05) is 57.4 Å². The first kappa shape index (κ1) is 21.7. The lowest BCUT2D eigenvalue weighted by Crippen LogP contribution is -2.51. The minimum absolute atomic E-state index is 0.277. The van der Waals surface area contributed by atoms with Crippen LogP contribution >= 0.6 is 0 Å². The first-order valence-corrected chi connectivity index (χ1v) is 11.7. The number of piperazine rings is 1. The van der Waals surface area contributed by atoms with E-state index in [2.05, 4.69) is 57.2 Å². The van der Waals surface area contributed by atoms with E-state index in [9.17, 15) is 4.79 Å². The molecule has 0 saturated carbocycles. The lowest BCUT2D eigenvalue weighted by molar-refractivity contribution is -0.133. The van der Waals surface area contributed by atoms with Crippen molar-refractivity contribution in [1.29, 1.82) is 0 Å². The molecule has 0 aromatic heterocycles. The van der Waals surface area contributed by atoms with E-state index >= 15 is 0 Å². The van der Waals surface area contributed by atoms with E-state index in [1.165, 1.54) is 16.8 Å². The van der Waals surface area contributed by atoms with Gasteiger partial charge in [-0.2, -0.15) is 0 Å². The minimum atomic E-state index is 0.277. The van der Waals surface area contributed by atoms with Gasteiger partial charge in [-0.3, -0.25) is 9.69 Å². The lowest BCUT2D eigenvalue weighted by Gasteiger charge is -2.39. The number of hydrogen-bond acceptors (Lipinski definition) is 4. The summed E-state index contributed by atoms with van der Waals surface area (Å²) in [5.41, 5.74) is 4.04. The van der Waals surface area contributed by atoms with E-state index in [0.29, 0.717) is 6.42 Å². The Morgan fingerprint density at radius 3 is 2.55 bits per heavy atom. The smallest absolute Gasteiger partial charge is 0.222 e. The summed E-state index contributed by atoms with van der Waals surface area (Å²) >= 11 is 0. The molecule has 1 atom stereocenters. The van der Waals surface area contributed by atoms with Crippen molar-refractivity contribution in [1.82, 2.24) is 9.80 Å². The molecule has 0 spiro atoms. The third-order valence-electron chi connectivity index (χ3n) is 6.83. The highest BCUT2D eigenvalue weighted by atomic mass is 16.5. The van der Waals surface area contributed by atoms with Gasteiger partial charge in [0.05, 0.1) is 7.11 Å². The third kappa shape index (κ3) is 5.21. The summed E-state index contributed by atoms with van der Waals surface area (Å²) in [5, 5.41) is 0. The van der Waals surface area contributed by atoms with E-state index in [4.69, 9.17) is 4.74 Å². The summed E-state index contributed by atoms with van der Waals surface area (Å²) in [6, 6.07) is 17.3. The van der Waals surface area contributed by atoms with Crippen molar-refractivity contribution in [2.45, 2.75) is 38.6 Å². The molecule has 1 heterocycles. The van der Waals surface area contributed by atoms with Crippen LogP contribution in [0.2, 0.25) is 0 Å². The average Bonchev–Trinajstić information content (AvgIpc) is 2.84. The Balaban J connectivity index is 1.34. The zero-order valence-corrected chi connectivity index (χ0v) is 18.9. The lowest BCUT2D eigenvalue weighted by atomic mass is 9.87. The molecule has 1 aliphatic carbocycles. The van der Waals surface area contributed by atoms with Crippen LogP contribution in [0.4, 0.5) is 5.69 Å². The van der Waals surface area contributed by atoms with E-state index in [-0.39, 0.29) is 11.9 Å². The van der Waals surface area contributed by atoms with Crippen LogP contribution in [0.5, 0.6) is 5.75 Å². The van der Waals surface area contributed by atoms with Crippen molar-refractivity contribution in [2.75, 3.05) is 51.3 Å². The monoisotopic (exact) mass is 421 g/mol. The second-order valence-electron chi connectivity index (χ2n) is 8.64. The fourth-order valence-electron chi connectivity index (χ4n) is 4.94. The highest BCUT2D eigenvalue weighted by Crippen LogP contribution is 2.28. The van der Waals surface area contributed by atoms with Crippen LogP contribution in [0.25, 0.3) is 0 Å². The van der Waals surface area contributed by atoms with Crippen LogP contribution in [-0.2, 0) is 17.6 Å². The molecule has 166 valence electrons. The number of ether oxygens (including phenoxy) is 1. The molecule has 31 heavy (non-hydrogen) atoms. The average molecular weight is 422 g/mol. The van der Waals surface area contributed by atoms with Crippen molar-refractivity contribution in [2.24, 2.45) is 0 Å². The molecule has 1 aliphatic heterocycles. The molecule has 4 rings (SSSR count). The standard InChI is InChI=1S/C26H35N3O2/c1-3-26(30)29(24-11-9-21-10-12-25(31-2)20-22(21)19-24)18-15-27-13-16-28(17-14-27)23-7-5-4-6-8-23/h4-8,10,12,20,24H,3,9,11,13-19H2,1-2H3. The number of rotatable bonds is 7. The Hall–Kier alpha value is -2.53. The fraction of sp³-hybridized carbons (Fsp3) is 0.500. The normalized spacial score (nSPS) is 19.0. The second kappa shape index (κ2) is 10.2. The Bertz CT molecular complexity index is 862. The van der Waals surface area contributed by atoms with Crippen molar-refractivity contribution in [3.63, 3.8) is 0 Å². The number of benzene rings is 2. The molecule has 2 aromatic rings. The van der Waals surface area contributed by atoms with Crippen LogP contribution in [-0.4, -0.2) is 68.1 Å². The Morgan fingerprint density at radius 2 is 1.84 bits per heavy atom. The third-order valence-corrected chi connectivity index (χ3v) is 6.83. The maximum Gasteiger partial charge on any atom is 0.222 e. The van der Waals surface area contributed by atoms with Crippen LogP contribution in [0.3, 0.4) is 0 Å². The number of amides is 1. The quantitative estimate of drug-likeness (QED) is 0.684. The summed E-state index contributed by atoms with van der Waals surface area (Å²) in [5.74, 6) is 1.18. The highest BCUT2D eigenvalue weighted by Gasteiger charge is 2.28. The first-order valence-electron chi connectivity index (χ1n) is 11.7. The second-order valence-corrected chi connectivity index (χ2v) is 8.64. The maximum atomic E-state index is 12.8. The number of aryl methyl sites for hydroxylation is 1. The van der Waals surface area contributed by atoms with Gasteiger partial charge in [0.1, 0.15) is 5.75 Å². The molecule has 5 nitrogen and oxygen atoms in total. The van der Waals surface area contributed by atoms with E-state index in [1.807, 2.05) is 13.0 Å².